The van der Waals surface area contributed by atoms with Crippen LogP contribution in [0, 0.1) is 34.9 Å². The average Bonchev–Trinajstić information content (AvgIpc) is 2.98. The van der Waals surface area contributed by atoms with E-state index in [1.54, 1.807) is 24.3 Å². The van der Waals surface area contributed by atoms with Gasteiger partial charge in [0, 0.05) is 31.4 Å². The first-order valence-corrected chi connectivity index (χ1v) is 14.9. The number of sulfonamides is 1. The molecule has 2 aliphatic rings. The van der Waals surface area contributed by atoms with Crippen molar-refractivity contribution >= 4 is 27.6 Å². The van der Waals surface area contributed by atoms with Gasteiger partial charge in [-0.25, -0.2) is 34.8 Å². The van der Waals surface area contributed by atoms with Crippen LogP contribution >= 0.6 is 0 Å². The molecule has 2 saturated heterocycles. The molecule has 0 saturated carbocycles. The fraction of sp³-hybridized carbons (Fsp3) is 0.310. The summed E-state index contributed by atoms with van der Waals surface area (Å²) in [4.78, 5) is 23.6. The molecule has 3 aromatic rings. The minimum Gasteiger partial charge on any atom is -0.545 e. The number of ether oxygens (including phenoxy) is 1. The Kier molecular flexibility index (Phi) is 10.8. The van der Waals surface area contributed by atoms with Gasteiger partial charge in [-0.05, 0) is 42.4 Å². The number of halogens is 6. The van der Waals surface area contributed by atoms with Crippen molar-refractivity contribution in [2.24, 2.45) is 0 Å². The number of rotatable bonds is 8. The molecule has 5 rings (SSSR count). The molecule has 9 nitrogen and oxygen atoms in total. The van der Waals surface area contributed by atoms with Crippen molar-refractivity contribution in [1.82, 2.24) is 4.31 Å². The van der Waals surface area contributed by atoms with E-state index in [4.69, 9.17) is 4.74 Å². The van der Waals surface area contributed by atoms with Gasteiger partial charge in [0.2, 0.25) is 21.7 Å². The molecule has 2 aliphatic heterocycles. The maximum absolute atomic E-state index is 15.3. The molecule has 2 fully saturated rings. The number of carboxylic acid groups (broad SMARTS) is 1. The number of aromatic carboxylic acids is 1. The predicted octanol–water partition coefficient (Wildman–Crippen LogP) is 0.485. The number of anilines is 1. The Morgan fingerprint density at radius 3 is 2.00 bits per heavy atom. The Bertz CT molecular complexity index is 1760. The van der Waals surface area contributed by atoms with Crippen LogP contribution in [-0.2, 0) is 26.1 Å². The van der Waals surface area contributed by atoms with Crippen LogP contribution < -0.4 is 39.6 Å². The van der Waals surface area contributed by atoms with Gasteiger partial charge in [0.05, 0.1) is 18.2 Å². The van der Waals surface area contributed by atoms with Crippen LogP contribution in [0.25, 0.3) is 0 Å². The summed E-state index contributed by atoms with van der Waals surface area (Å²) in [6.07, 6.45) is 1.25. The first-order valence-electron chi connectivity index (χ1n) is 13.5. The molecule has 2 heterocycles. The van der Waals surface area contributed by atoms with E-state index in [1.165, 1.54) is 0 Å². The molecule has 1 amide bonds. The summed E-state index contributed by atoms with van der Waals surface area (Å²) in [7, 11) is -5.51. The van der Waals surface area contributed by atoms with E-state index in [9.17, 15) is 50.2 Å². The monoisotopic (exact) mass is 680 g/mol. The van der Waals surface area contributed by atoms with Gasteiger partial charge in [0.1, 0.15) is 17.6 Å². The first-order chi connectivity index (χ1) is 21.2. The van der Waals surface area contributed by atoms with E-state index < -0.39 is 97.8 Å². The second-order valence-electron chi connectivity index (χ2n) is 10.5. The summed E-state index contributed by atoms with van der Waals surface area (Å²) in [5.74, 6) is -18.1. The molecule has 240 valence electrons. The zero-order chi connectivity index (χ0) is 32.8. The van der Waals surface area contributed by atoms with Gasteiger partial charge >= 0.3 is 29.6 Å². The summed E-state index contributed by atoms with van der Waals surface area (Å²) < 4.78 is 117. The minimum atomic E-state index is -5.51. The fourth-order valence-corrected chi connectivity index (χ4v) is 7.06. The van der Waals surface area contributed by atoms with Crippen molar-refractivity contribution in [2.75, 3.05) is 24.7 Å². The second-order valence-corrected chi connectivity index (χ2v) is 12.3. The SMILES string of the molecule is O=C([O-])c1cc(F)c(N(Cc2ccc(C3CCOCC3)cc2)C(=O)[C@H]2CCN2S(=O)(=O)c2c(F)c(F)c(F)c(F)c2F)cc1O.[Na+]. The van der Waals surface area contributed by atoms with Gasteiger partial charge in [0.15, 0.2) is 28.2 Å². The van der Waals surface area contributed by atoms with Crippen LogP contribution in [-0.4, -0.2) is 55.5 Å². The molecule has 17 heteroatoms. The van der Waals surface area contributed by atoms with E-state index in [-0.39, 0.29) is 46.2 Å². The summed E-state index contributed by atoms with van der Waals surface area (Å²) >= 11 is 0. The molecule has 0 bridgehead atoms. The standard InChI is InChI=1S/C29H24F6N2O7S.Na/c30-18-11-17(29(40)41)21(38)12-20(18)36(13-14-1-3-15(4-2-14)16-6-9-44-10-7-16)28(39)19-5-8-37(19)45(42,43)27-25(34)23(32)22(31)24(33)26(27)35;/h1-4,11-12,16,19,38H,5-10,13H2,(H,40,41);/q;+1/p-1/t19-;/m1./s1. The third kappa shape index (κ3) is 6.51. The number of aromatic hydroxyl groups is 1. The maximum Gasteiger partial charge on any atom is 1.00 e. The van der Waals surface area contributed by atoms with E-state index in [2.05, 4.69) is 0 Å². The quantitative estimate of drug-likeness (QED) is 0.159. The predicted molar refractivity (Wildman–Crippen MR) is 141 cm³/mol. The van der Waals surface area contributed by atoms with Crippen molar-refractivity contribution in [3.63, 3.8) is 0 Å². The largest absolute Gasteiger partial charge is 1.00 e. The van der Waals surface area contributed by atoms with Gasteiger partial charge in [0.25, 0.3) is 0 Å². The molecule has 0 spiro atoms. The minimum absolute atomic E-state index is 0. The Labute approximate surface area is 280 Å². The van der Waals surface area contributed by atoms with Crippen molar-refractivity contribution in [3.05, 3.63) is 88.0 Å². The number of benzene rings is 3. The van der Waals surface area contributed by atoms with Crippen LogP contribution in [0.4, 0.5) is 32.0 Å². The number of hydrogen-bond acceptors (Lipinski definition) is 7. The van der Waals surface area contributed by atoms with Crippen LogP contribution in [0.5, 0.6) is 5.75 Å². The number of amides is 1. The maximum atomic E-state index is 15.3. The topological polar surface area (TPSA) is 127 Å². The van der Waals surface area contributed by atoms with E-state index in [0.29, 0.717) is 35.8 Å². The van der Waals surface area contributed by atoms with Gasteiger partial charge in [-0.15, -0.1) is 0 Å². The molecule has 0 unspecified atom stereocenters. The molecule has 3 aromatic carbocycles. The number of carboxylic acids is 1. The number of phenols is 1. The normalized spacial score (nSPS) is 17.2. The molecule has 0 aromatic heterocycles. The van der Waals surface area contributed by atoms with E-state index in [1.807, 2.05) is 0 Å². The molecular weight excluding hydrogens is 657 g/mol. The van der Waals surface area contributed by atoms with Crippen LogP contribution in [0.15, 0.2) is 41.3 Å². The summed E-state index contributed by atoms with van der Waals surface area (Å²) in [6.45, 7) is 0.125. The molecular formula is C29H23F6N2NaO7S. The molecule has 1 N–H and O–H groups in total. The van der Waals surface area contributed by atoms with E-state index >= 15 is 4.39 Å². The third-order valence-corrected chi connectivity index (χ3v) is 9.78. The van der Waals surface area contributed by atoms with Crippen LogP contribution in [0.2, 0.25) is 0 Å². The molecule has 0 radical (unpaired) electrons. The zero-order valence-corrected chi connectivity index (χ0v) is 26.9. The van der Waals surface area contributed by atoms with Gasteiger partial charge in [-0.1, -0.05) is 24.3 Å². The van der Waals surface area contributed by atoms with Gasteiger partial charge in [-0.3, -0.25) is 4.79 Å². The second kappa shape index (κ2) is 13.9. The van der Waals surface area contributed by atoms with Crippen molar-refractivity contribution in [2.45, 2.75) is 42.7 Å². The zero-order valence-electron chi connectivity index (χ0n) is 24.0. The fourth-order valence-electron chi connectivity index (χ4n) is 5.32. The Morgan fingerprint density at radius 2 is 1.48 bits per heavy atom. The van der Waals surface area contributed by atoms with Gasteiger partial charge in [-0.2, -0.15) is 4.31 Å². The molecule has 1 atom stereocenters. The third-order valence-electron chi connectivity index (χ3n) is 7.85. The molecule has 0 aliphatic carbocycles. The van der Waals surface area contributed by atoms with Gasteiger partial charge < -0.3 is 24.6 Å². The van der Waals surface area contributed by atoms with Crippen molar-refractivity contribution in [1.29, 1.82) is 0 Å². The number of nitrogens with zero attached hydrogens (tertiary/aromatic N) is 2. The smallest absolute Gasteiger partial charge is 0.545 e. The van der Waals surface area contributed by atoms with Crippen molar-refractivity contribution < 1.29 is 88.9 Å². The molecule has 46 heavy (non-hydrogen) atoms. The van der Waals surface area contributed by atoms with Crippen LogP contribution in [0.1, 0.15) is 46.7 Å². The average molecular weight is 681 g/mol. The number of carbonyl (C=O) groups excluding carboxylic acids is 2. The first kappa shape index (κ1) is 35.7. The Hall–Kier alpha value is -3.15. The summed E-state index contributed by atoms with van der Waals surface area (Å²) in [5.41, 5.74) is -0.281. The van der Waals surface area contributed by atoms with E-state index in [0.717, 1.165) is 18.4 Å². The number of hydrogen-bond donors (Lipinski definition) is 1. The summed E-state index contributed by atoms with van der Waals surface area (Å²) in [5, 5.41) is 21.5. The number of carbonyl (C=O) groups is 2. The Morgan fingerprint density at radius 1 is 0.913 bits per heavy atom. The Balaban J connectivity index is 0.00000480. The summed E-state index contributed by atoms with van der Waals surface area (Å²) in [6, 6.07) is 5.96. The van der Waals surface area contributed by atoms with Crippen molar-refractivity contribution in [3.8, 4) is 5.75 Å². The van der Waals surface area contributed by atoms with Crippen LogP contribution in [0.3, 0.4) is 0 Å².